The molecule has 1 aliphatic rings. The van der Waals surface area contributed by atoms with Gasteiger partial charge in [0.25, 0.3) is 0 Å². The lowest BCUT2D eigenvalue weighted by atomic mass is 10.0. The second-order valence-corrected chi connectivity index (χ2v) is 4.43. The molecule has 14 heavy (non-hydrogen) atoms. The molecule has 2 atom stereocenters. The molecule has 0 aromatic heterocycles. The molecule has 0 aromatic carbocycles. The average Bonchev–Trinajstić information content (AvgIpc) is 2.15. The van der Waals surface area contributed by atoms with Gasteiger partial charge in [-0.3, -0.25) is 4.90 Å². The van der Waals surface area contributed by atoms with E-state index in [1.807, 2.05) is 0 Å². The summed E-state index contributed by atoms with van der Waals surface area (Å²) in [4.78, 5) is 2.32. The van der Waals surface area contributed by atoms with E-state index in [0.29, 0.717) is 12.6 Å². The van der Waals surface area contributed by atoms with Crippen molar-refractivity contribution in [1.29, 1.82) is 0 Å². The molecule has 0 radical (unpaired) electrons. The summed E-state index contributed by atoms with van der Waals surface area (Å²) in [6.45, 7) is 7.81. The number of nitrogens with zero attached hydrogens (tertiary/aromatic N) is 1. The zero-order chi connectivity index (χ0) is 10.6. The second-order valence-electron chi connectivity index (χ2n) is 4.43. The zero-order valence-electron chi connectivity index (χ0n) is 9.20. The minimum absolute atomic E-state index is 0.312. The van der Waals surface area contributed by atoms with Gasteiger partial charge in [0.2, 0.25) is 0 Å². The fraction of sp³-hybridized carbons (Fsp3) is 1.00. The number of hydrogen-bond donors (Lipinski definition) is 2. The molecule has 0 bridgehead atoms. The van der Waals surface area contributed by atoms with E-state index in [9.17, 15) is 5.11 Å². The van der Waals surface area contributed by atoms with Crippen LogP contribution in [0.1, 0.15) is 20.3 Å². The molecule has 0 saturated carbocycles. The van der Waals surface area contributed by atoms with E-state index in [1.165, 1.54) is 0 Å². The van der Waals surface area contributed by atoms with Crippen molar-refractivity contribution < 1.29 is 9.84 Å². The van der Waals surface area contributed by atoms with Gasteiger partial charge in [0.1, 0.15) is 0 Å². The van der Waals surface area contributed by atoms with E-state index in [0.717, 1.165) is 32.7 Å². The number of hydrogen-bond acceptors (Lipinski definition) is 4. The third-order valence-corrected chi connectivity index (χ3v) is 2.73. The van der Waals surface area contributed by atoms with Crippen LogP contribution in [0.25, 0.3) is 0 Å². The van der Waals surface area contributed by atoms with Crippen molar-refractivity contribution in [2.45, 2.75) is 32.0 Å². The van der Waals surface area contributed by atoms with Gasteiger partial charge in [-0.1, -0.05) is 0 Å². The van der Waals surface area contributed by atoms with Crippen molar-refractivity contribution in [2.24, 2.45) is 5.73 Å². The molecule has 1 rings (SSSR count). The monoisotopic (exact) mass is 202 g/mol. The first-order valence-electron chi connectivity index (χ1n) is 5.30. The Balaban J connectivity index is 2.23. The van der Waals surface area contributed by atoms with Crippen LogP contribution in [0.4, 0.5) is 0 Å². The Morgan fingerprint density at radius 3 is 2.93 bits per heavy atom. The van der Waals surface area contributed by atoms with Gasteiger partial charge < -0.3 is 15.6 Å². The molecule has 4 heteroatoms. The van der Waals surface area contributed by atoms with Crippen LogP contribution in [0.15, 0.2) is 0 Å². The summed E-state index contributed by atoms with van der Waals surface area (Å²) in [6, 6.07) is 0. The first-order valence-corrected chi connectivity index (χ1v) is 5.30. The van der Waals surface area contributed by atoms with Crippen molar-refractivity contribution in [1.82, 2.24) is 4.90 Å². The Morgan fingerprint density at radius 1 is 1.64 bits per heavy atom. The molecule has 1 aliphatic heterocycles. The van der Waals surface area contributed by atoms with E-state index in [4.69, 9.17) is 10.5 Å². The van der Waals surface area contributed by atoms with Crippen LogP contribution in [0.3, 0.4) is 0 Å². The van der Waals surface area contributed by atoms with Crippen LogP contribution in [-0.2, 0) is 4.74 Å². The summed E-state index contributed by atoms with van der Waals surface area (Å²) in [5.74, 6) is 0. The molecule has 3 N–H and O–H groups in total. The summed E-state index contributed by atoms with van der Waals surface area (Å²) < 4.78 is 5.44. The van der Waals surface area contributed by atoms with Crippen LogP contribution in [-0.4, -0.2) is 54.5 Å². The predicted octanol–water partition coefficient (Wildman–Crippen LogP) is -0.193. The third-order valence-electron chi connectivity index (χ3n) is 2.73. The number of nitrogens with two attached hydrogens (primary N) is 1. The highest BCUT2D eigenvalue weighted by Gasteiger charge is 2.22. The van der Waals surface area contributed by atoms with Crippen molar-refractivity contribution in [3.05, 3.63) is 0 Å². The lowest BCUT2D eigenvalue weighted by Crippen LogP contribution is -2.44. The van der Waals surface area contributed by atoms with Crippen molar-refractivity contribution >= 4 is 0 Å². The zero-order valence-corrected chi connectivity index (χ0v) is 9.20. The van der Waals surface area contributed by atoms with Gasteiger partial charge in [-0.25, -0.2) is 0 Å². The maximum atomic E-state index is 9.74. The largest absolute Gasteiger partial charge is 0.389 e. The van der Waals surface area contributed by atoms with E-state index >= 15 is 0 Å². The molecule has 84 valence electrons. The van der Waals surface area contributed by atoms with Gasteiger partial charge in [0.05, 0.1) is 18.3 Å². The predicted molar refractivity (Wildman–Crippen MR) is 56.1 cm³/mol. The molecule has 4 nitrogen and oxygen atoms in total. The van der Waals surface area contributed by atoms with Crippen molar-refractivity contribution in [2.75, 3.05) is 32.8 Å². The molecule has 1 heterocycles. The van der Waals surface area contributed by atoms with Gasteiger partial charge in [0, 0.05) is 26.2 Å². The second kappa shape index (κ2) is 5.07. The Morgan fingerprint density at radius 2 is 2.36 bits per heavy atom. The normalized spacial score (nSPS) is 28.7. The number of ether oxygens (including phenoxy) is 1. The highest BCUT2D eigenvalue weighted by Crippen LogP contribution is 2.11. The topological polar surface area (TPSA) is 58.7 Å². The molecular weight excluding hydrogens is 180 g/mol. The minimum Gasteiger partial charge on any atom is -0.389 e. The molecule has 0 amide bonds. The van der Waals surface area contributed by atoms with E-state index in [2.05, 4.69) is 11.8 Å². The smallest absolute Gasteiger partial charge is 0.0753 e. The van der Waals surface area contributed by atoms with Gasteiger partial charge in [0.15, 0.2) is 0 Å². The first-order chi connectivity index (χ1) is 6.53. The molecule has 1 fully saturated rings. The van der Waals surface area contributed by atoms with Crippen molar-refractivity contribution in [3.63, 3.8) is 0 Å². The van der Waals surface area contributed by atoms with Crippen LogP contribution in [0.5, 0.6) is 0 Å². The van der Waals surface area contributed by atoms with Crippen molar-refractivity contribution in [3.8, 4) is 0 Å². The average molecular weight is 202 g/mol. The van der Waals surface area contributed by atoms with Crippen LogP contribution >= 0.6 is 0 Å². The first kappa shape index (κ1) is 11.9. The summed E-state index contributed by atoms with van der Waals surface area (Å²) in [6.07, 6.45) is 1.04. The highest BCUT2D eigenvalue weighted by atomic mass is 16.5. The van der Waals surface area contributed by atoms with E-state index in [-0.39, 0.29) is 0 Å². The van der Waals surface area contributed by atoms with Crippen LogP contribution < -0.4 is 5.73 Å². The molecule has 0 aromatic rings. The van der Waals surface area contributed by atoms with Crippen LogP contribution in [0, 0.1) is 0 Å². The maximum Gasteiger partial charge on any atom is 0.0753 e. The minimum atomic E-state index is -0.721. The lowest BCUT2D eigenvalue weighted by molar-refractivity contribution is -0.0289. The maximum absolute atomic E-state index is 9.74. The van der Waals surface area contributed by atoms with Gasteiger partial charge >= 0.3 is 0 Å². The SMILES string of the molecule is CC1CN(CCC(C)(O)CN)CCO1. The van der Waals surface area contributed by atoms with Crippen LogP contribution in [0.2, 0.25) is 0 Å². The lowest BCUT2D eigenvalue weighted by Gasteiger charge is -2.33. The summed E-state index contributed by atoms with van der Waals surface area (Å²) in [5.41, 5.74) is 4.74. The Hall–Kier alpha value is -0.160. The quantitative estimate of drug-likeness (QED) is 0.663. The third kappa shape index (κ3) is 3.92. The molecule has 1 saturated heterocycles. The Labute approximate surface area is 86.0 Å². The van der Waals surface area contributed by atoms with E-state index in [1.54, 1.807) is 6.92 Å². The number of morpholine rings is 1. The van der Waals surface area contributed by atoms with Gasteiger partial charge in [-0.2, -0.15) is 0 Å². The standard InChI is InChI=1S/C10H22N2O2/c1-9-7-12(5-6-14-9)4-3-10(2,13)8-11/h9,13H,3-8,11H2,1-2H3. The number of rotatable bonds is 4. The summed E-state index contributed by atoms with van der Waals surface area (Å²) in [5, 5.41) is 9.74. The Bertz CT molecular complexity index is 174. The highest BCUT2D eigenvalue weighted by molar-refractivity contribution is 4.77. The number of aliphatic hydroxyl groups is 1. The summed E-state index contributed by atoms with van der Waals surface area (Å²) >= 11 is 0. The molecule has 0 aliphatic carbocycles. The molecule has 2 unspecified atom stereocenters. The Kier molecular flexibility index (Phi) is 4.31. The fourth-order valence-corrected chi connectivity index (χ4v) is 1.59. The fourth-order valence-electron chi connectivity index (χ4n) is 1.59. The van der Waals surface area contributed by atoms with Gasteiger partial charge in [-0.15, -0.1) is 0 Å². The van der Waals surface area contributed by atoms with E-state index < -0.39 is 5.60 Å². The molecular formula is C10H22N2O2. The van der Waals surface area contributed by atoms with Gasteiger partial charge in [-0.05, 0) is 20.3 Å². The molecule has 0 spiro atoms. The summed E-state index contributed by atoms with van der Waals surface area (Å²) in [7, 11) is 0.